The van der Waals surface area contributed by atoms with Crippen molar-refractivity contribution in [3.05, 3.63) is 100 Å². The van der Waals surface area contributed by atoms with Crippen LogP contribution in [0.1, 0.15) is 33.9 Å². The number of nitrogens with two attached hydrogens (primary N) is 1. The van der Waals surface area contributed by atoms with E-state index < -0.39 is 6.04 Å². The number of benzene rings is 3. The third-order valence-electron chi connectivity index (χ3n) is 5.31. The van der Waals surface area contributed by atoms with Crippen LogP contribution >= 0.6 is 0 Å². The third kappa shape index (κ3) is 5.09. The summed E-state index contributed by atoms with van der Waals surface area (Å²) in [6.45, 7) is 6.64. The van der Waals surface area contributed by atoms with E-state index in [9.17, 15) is 9.18 Å². The molecule has 4 heteroatoms. The van der Waals surface area contributed by atoms with Gasteiger partial charge < -0.3 is 10.6 Å². The minimum Gasteiger partial charge on any atom is -0.316 e. The fraction of sp³-hybridized carbons (Fsp3) is 0.240. The first-order chi connectivity index (χ1) is 13.8. The second-order valence-electron chi connectivity index (χ2n) is 7.52. The molecule has 0 aromatic heterocycles. The summed E-state index contributed by atoms with van der Waals surface area (Å²) in [5.74, 6) is -0.550. The number of amides is 1. The van der Waals surface area contributed by atoms with E-state index in [4.69, 9.17) is 5.73 Å². The molecule has 0 saturated heterocycles. The molecule has 0 spiro atoms. The average molecular weight is 391 g/mol. The van der Waals surface area contributed by atoms with Crippen LogP contribution in [0.4, 0.5) is 10.1 Å². The molecule has 0 radical (unpaired) electrons. The van der Waals surface area contributed by atoms with E-state index in [1.165, 1.54) is 23.3 Å². The van der Waals surface area contributed by atoms with E-state index in [1.807, 2.05) is 32.0 Å². The number of rotatable bonds is 6. The van der Waals surface area contributed by atoms with Gasteiger partial charge in [0.05, 0.1) is 0 Å². The number of carbonyl (C=O) groups is 1. The number of aryl methyl sites for hydroxylation is 3. The van der Waals surface area contributed by atoms with Gasteiger partial charge in [0.1, 0.15) is 11.9 Å². The summed E-state index contributed by atoms with van der Waals surface area (Å²) in [7, 11) is 0. The molecule has 0 unspecified atom stereocenters. The molecule has 0 aliphatic rings. The van der Waals surface area contributed by atoms with Crippen molar-refractivity contribution in [3.63, 3.8) is 0 Å². The molecule has 3 nitrogen and oxygen atoms in total. The SMILES string of the molecule is Cc1ccc(CCN(C(=O)[C@@H](N)c2ccc(F)cc2)c2ccc(C)c(C)c2)cc1. The van der Waals surface area contributed by atoms with Crippen LogP contribution in [-0.2, 0) is 11.2 Å². The Labute approximate surface area is 172 Å². The zero-order chi connectivity index (χ0) is 21.0. The molecule has 29 heavy (non-hydrogen) atoms. The number of hydrogen-bond acceptors (Lipinski definition) is 2. The van der Waals surface area contributed by atoms with Crippen LogP contribution in [0.5, 0.6) is 0 Å². The number of halogens is 1. The van der Waals surface area contributed by atoms with Gasteiger partial charge in [-0.2, -0.15) is 0 Å². The van der Waals surface area contributed by atoms with E-state index in [0.717, 1.165) is 23.2 Å². The molecule has 150 valence electrons. The summed E-state index contributed by atoms with van der Waals surface area (Å²) in [6.07, 6.45) is 0.717. The van der Waals surface area contributed by atoms with E-state index in [-0.39, 0.29) is 11.7 Å². The second kappa shape index (κ2) is 9.01. The Hall–Kier alpha value is -2.98. The summed E-state index contributed by atoms with van der Waals surface area (Å²) >= 11 is 0. The predicted octanol–water partition coefficient (Wildman–Crippen LogP) is 5.03. The molecule has 0 aliphatic carbocycles. The van der Waals surface area contributed by atoms with Gasteiger partial charge in [0, 0.05) is 12.2 Å². The molecular formula is C25H27FN2O. The Bertz CT molecular complexity index is 981. The maximum Gasteiger partial charge on any atom is 0.248 e. The second-order valence-corrected chi connectivity index (χ2v) is 7.52. The summed E-state index contributed by atoms with van der Waals surface area (Å²) in [6, 6.07) is 19.2. The summed E-state index contributed by atoms with van der Waals surface area (Å²) in [5.41, 5.74) is 12.3. The van der Waals surface area contributed by atoms with Crippen molar-refractivity contribution in [1.29, 1.82) is 0 Å². The van der Waals surface area contributed by atoms with Gasteiger partial charge in [-0.1, -0.05) is 48.0 Å². The van der Waals surface area contributed by atoms with E-state index >= 15 is 0 Å². The fourth-order valence-electron chi connectivity index (χ4n) is 3.24. The zero-order valence-corrected chi connectivity index (χ0v) is 17.2. The summed E-state index contributed by atoms with van der Waals surface area (Å²) < 4.78 is 13.3. The number of anilines is 1. The van der Waals surface area contributed by atoms with Crippen LogP contribution in [0.2, 0.25) is 0 Å². The Morgan fingerprint density at radius 2 is 1.59 bits per heavy atom. The molecule has 0 fully saturated rings. The lowest BCUT2D eigenvalue weighted by molar-refractivity contribution is -0.120. The first-order valence-corrected chi connectivity index (χ1v) is 9.80. The number of nitrogens with zero attached hydrogens (tertiary/aromatic N) is 1. The van der Waals surface area contributed by atoms with Crippen molar-refractivity contribution in [3.8, 4) is 0 Å². The lowest BCUT2D eigenvalue weighted by atomic mass is 10.0. The average Bonchev–Trinajstić information content (AvgIpc) is 2.72. The molecule has 0 saturated carbocycles. The predicted molar refractivity (Wildman–Crippen MR) is 116 cm³/mol. The van der Waals surface area contributed by atoms with Crippen molar-refractivity contribution < 1.29 is 9.18 Å². The van der Waals surface area contributed by atoms with Gasteiger partial charge in [-0.25, -0.2) is 4.39 Å². The van der Waals surface area contributed by atoms with Crippen molar-refractivity contribution >= 4 is 11.6 Å². The Balaban J connectivity index is 1.88. The van der Waals surface area contributed by atoms with Crippen LogP contribution in [0.3, 0.4) is 0 Å². The summed E-state index contributed by atoms with van der Waals surface area (Å²) in [5, 5.41) is 0. The monoisotopic (exact) mass is 390 g/mol. The van der Waals surface area contributed by atoms with Gasteiger partial charge in [0.25, 0.3) is 0 Å². The molecule has 1 atom stereocenters. The minimum absolute atomic E-state index is 0.202. The highest BCUT2D eigenvalue weighted by molar-refractivity contribution is 5.97. The first-order valence-electron chi connectivity index (χ1n) is 9.80. The van der Waals surface area contributed by atoms with Crippen molar-refractivity contribution in [2.45, 2.75) is 33.2 Å². The Morgan fingerprint density at radius 3 is 2.21 bits per heavy atom. The number of carbonyl (C=O) groups excluding carboxylic acids is 1. The van der Waals surface area contributed by atoms with Gasteiger partial charge in [-0.05, 0) is 73.7 Å². The molecule has 3 aromatic rings. The van der Waals surface area contributed by atoms with Crippen LogP contribution in [0.15, 0.2) is 66.7 Å². The van der Waals surface area contributed by atoms with E-state index in [1.54, 1.807) is 17.0 Å². The van der Waals surface area contributed by atoms with Crippen LogP contribution in [-0.4, -0.2) is 12.5 Å². The maximum atomic E-state index is 13.3. The molecular weight excluding hydrogens is 363 g/mol. The molecule has 3 aromatic carbocycles. The van der Waals surface area contributed by atoms with Crippen LogP contribution in [0, 0.1) is 26.6 Å². The molecule has 1 amide bonds. The highest BCUT2D eigenvalue weighted by atomic mass is 19.1. The van der Waals surface area contributed by atoms with Gasteiger partial charge >= 0.3 is 0 Å². The highest BCUT2D eigenvalue weighted by Gasteiger charge is 2.24. The Kier molecular flexibility index (Phi) is 6.45. The quantitative estimate of drug-likeness (QED) is 0.642. The zero-order valence-electron chi connectivity index (χ0n) is 17.2. The first kappa shape index (κ1) is 20.7. The lowest BCUT2D eigenvalue weighted by Gasteiger charge is -2.27. The molecule has 3 rings (SSSR count). The smallest absolute Gasteiger partial charge is 0.248 e. The topological polar surface area (TPSA) is 46.3 Å². The largest absolute Gasteiger partial charge is 0.316 e. The normalized spacial score (nSPS) is 11.9. The van der Waals surface area contributed by atoms with E-state index in [0.29, 0.717) is 12.1 Å². The molecule has 0 bridgehead atoms. The van der Waals surface area contributed by atoms with Crippen molar-refractivity contribution in [2.24, 2.45) is 5.73 Å². The lowest BCUT2D eigenvalue weighted by Crippen LogP contribution is -2.40. The van der Waals surface area contributed by atoms with Crippen molar-refractivity contribution in [1.82, 2.24) is 0 Å². The van der Waals surface area contributed by atoms with Gasteiger partial charge in [-0.3, -0.25) is 4.79 Å². The Morgan fingerprint density at radius 1 is 0.931 bits per heavy atom. The van der Waals surface area contributed by atoms with Crippen molar-refractivity contribution in [2.75, 3.05) is 11.4 Å². The molecule has 0 heterocycles. The third-order valence-corrected chi connectivity index (χ3v) is 5.31. The van der Waals surface area contributed by atoms with Crippen LogP contribution in [0.25, 0.3) is 0 Å². The standard InChI is InChI=1S/C25H27FN2O/c1-17-4-7-20(8-5-17)14-15-28(23-13-6-18(2)19(3)16-23)25(29)24(27)21-9-11-22(26)12-10-21/h4-13,16,24H,14-15,27H2,1-3H3/t24-/m0/s1. The molecule has 2 N–H and O–H groups in total. The minimum atomic E-state index is -0.852. The van der Waals surface area contributed by atoms with Gasteiger partial charge in [0.15, 0.2) is 0 Å². The molecule has 0 aliphatic heterocycles. The maximum absolute atomic E-state index is 13.3. The highest BCUT2D eigenvalue weighted by Crippen LogP contribution is 2.23. The van der Waals surface area contributed by atoms with Crippen LogP contribution < -0.4 is 10.6 Å². The van der Waals surface area contributed by atoms with Gasteiger partial charge in [0.2, 0.25) is 5.91 Å². The van der Waals surface area contributed by atoms with Gasteiger partial charge in [-0.15, -0.1) is 0 Å². The van der Waals surface area contributed by atoms with E-state index in [2.05, 4.69) is 31.2 Å². The summed E-state index contributed by atoms with van der Waals surface area (Å²) in [4.78, 5) is 15.0. The fourth-order valence-corrected chi connectivity index (χ4v) is 3.24. The number of hydrogen-bond donors (Lipinski definition) is 1.